The molecule has 1 nitrogen and oxygen atoms in total. The first-order chi connectivity index (χ1) is 13.8. The molecule has 28 heavy (non-hydrogen) atoms. The molecule has 0 N–H and O–H groups in total. The van der Waals surface area contributed by atoms with Crippen molar-refractivity contribution >= 4 is 12.2 Å². The summed E-state index contributed by atoms with van der Waals surface area (Å²) < 4.78 is 5.67. The molecule has 1 heteroatoms. The van der Waals surface area contributed by atoms with E-state index < -0.39 is 0 Å². The molecule has 0 aliphatic heterocycles. The van der Waals surface area contributed by atoms with Gasteiger partial charge in [-0.3, -0.25) is 0 Å². The maximum absolute atomic E-state index is 5.67. The highest BCUT2D eigenvalue weighted by atomic mass is 16.5. The molecule has 0 fully saturated rings. The quantitative estimate of drug-likeness (QED) is 0.313. The number of rotatable bonds is 10. The normalized spacial score (nSPS) is 10.9. The highest BCUT2D eigenvalue weighted by Crippen LogP contribution is 2.13. The van der Waals surface area contributed by atoms with Gasteiger partial charge in [0.1, 0.15) is 5.75 Å². The van der Waals surface area contributed by atoms with Crippen LogP contribution in [0, 0.1) is 11.8 Å². The smallest absolute Gasteiger partial charge is 0.119 e. The molecule has 0 aliphatic carbocycles. The second-order valence-corrected chi connectivity index (χ2v) is 6.93. The van der Waals surface area contributed by atoms with Gasteiger partial charge in [0.25, 0.3) is 0 Å². The lowest BCUT2D eigenvalue weighted by molar-refractivity contribution is 0.309. The fourth-order valence-corrected chi connectivity index (χ4v) is 2.76. The first-order valence-electron chi connectivity index (χ1n) is 10.5. The second kappa shape index (κ2) is 13.4. The molecule has 0 heterocycles. The number of aryl methyl sites for hydroxylation is 1. The Bertz CT molecular complexity index is 715. The number of allylic oxidation sites excluding steroid dienone is 2. The molecule has 146 valence electrons. The zero-order valence-corrected chi connectivity index (χ0v) is 17.3. The third-order valence-electron chi connectivity index (χ3n) is 4.50. The summed E-state index contributed by atoms with van der Waals surface area (Å²) in [5.41, 5.74) is 3.73. The van der Waals surface area contributed by atoms with Gasteiger partial charge in [-0.2, -0.15) is 0 Å². The van der Waals surface area contributed by atoms with Gasteiger partial charge in [-0.15, -0.1) is 0 Å². The van der Waals surface area contributed by atoms with Crippen LogP contribution in [0.5, 0.6) is 5.75 Å². The monoisotopic (exact) mass is 372 g/mol. The van der Waals surface area contributed by atoms with Gasteiger partial charge in [0.2, 0.25) is 0 Å². The van der Waals surface area contributed by atoms with E-state index in [-0.39, 0.29) is 0 Å². The third-order valence-corrected chi connectivity index (χ3v) is 4.50. The van der Waals surface area contributed by atoms with Crippen molar-refractivity contribution in [2.45, 2.75) is 52.4 Å². The van der Waals surface area contributed by atoms with Crippen molar-refractivity contribution in [1.82, 2.24) is 0 Å². The first kappa shape index (κ1) is 21.6. The van der Waals surface area contributed by atoms with E-state index in [4.69, 9.17) is 4.74 Å². The minimum absolute atomic E-state index is 0.783. The van der Waals surface area contributed by atoms with Crippen LogP contribution >= 0.6 is 0 Å². The Hall–Kier alpha value is -2.72. The molecule has 2 rings (SSSR count). The van der Waals surface area contributed by atoms with Crippen LogP contribution in [0.2, 0.25) is 0 Å². The molecule has 0 saturated heterocycles. The Morgan fingerprint density at radius 1 is 0.714 bits per heavy atom. The molecule has 0 unspecified atom stereocenters. The highest BCUT2D eigenvalue weighted by Gasteiger charge is 1.94. The fourth-order valence-electron chi connectivity index (χ4n) is 2.76. The summed E-state index contributed by atoms with van der Waals surface area (Å²) in [6.07, 6.45) is 15.1. The van der Waals surface area contributed by atoms with Crippen molar-refractivity contribution in [3.63, 3.8) is 0 Å². The molecule has 0 aliphatic rings. The summed E-state index contributed by atoms with van der Waals surface area (Å²) >= 11 is 0. The summed E-state index contributed by atoms with van der Waals surface area (Å²) in [6, 6.07) is 16.9. The van der Waals surface area contributed by atoms with Crippen molar-refractivity contribution in [2.75, 3.05) is 6.61 Å². The van der Waals surface area contributed by atoms with E-state index in [0.717, 1.165) is 30.8 Å². The van der Waals surface area contributed by atoms with Crippen LogP contribution in [0.3, 0.4) is 0 Å². The largest absolute Gasteiger partial charge is 0.494 e. The van der Waals surface area contributed by atoms with E-state index in [2.05, 4.69) is 68.2 Å². The average Bonchev–Trinajstić information content (AvgIpc) is 2.73. The van der Waals surface area contributed by atoms with Crippen molar-refractivity contribution in [2.24, 2.45) is 0 Å². The van der Waals surface area contributed by atoms with E-state index in [9.17, 15) is 0 Å². The lowest BCUT2D eigenvalue weighted by atomic mass is 10.1. The van der Waals surface area contributed by atoms with E-state index in [0.29, 0.717) is 0 Å². The van der Waals surface area contributed by atoms with Crippen molar-refractivity contribution in [3.8, 4) is 17.6 Å². The van der Waals surface area contributed by atoms with Gasteiger partial charge in [-0.25, -0.2) is 0 Å². The zero-order chi connectivity index (χ0) is 19.9. The van der Waals surface area contributed by atoms with Crippen LogP contribution < -0.4 is 4.74 Å². The predicted octanol–water partition coefficient (Wildman–Crippen LogP) is 7.33. The molecule has 0 spiro atoms. The summed E-state index contributed by atoms with van der Waals surface area (Å²) in [7, 11) is 0. The van der Waals surface area contributed by atoms with Crippen LogP contribution in [0.15, 0.2) is 60.7 Å². The van der Waals surface area contributed by atoms with E-state index in [1.165, 1.54) is 36.8 Å². The maximum Gasteiger partial charge on any atom is 0.119 e. The zero-order valence-electron chi connectivity index (χ0n) is 17.3. The first-order valence-corrected chi connectivity index (χ1v) is 10.5. The van der Waals surface area contributed by atoms with Gasteiger partial charge >= 0.3 is 0 Å². The Kier molecular flexibility index (Phi) is 10.4. The molecule has 0 amide bonds. The van der Waals surface area contributed by atoms with E-state index in [1.807, 2.05) is 30.4 Å². The molecule has 0 saturated carbocycles. The van der Waals surface area contributed by atoms with Crippen molar-refractivity contribution in [1.29, 1.82) is 0 Å². The summed E-state index contributed by atoms with van der Waals surface area (Å²) in [5, 5.41) is 0. The second-order valence-electron chi connectivity index (χ2n) is 6.93. The molecule has 0 atom stereocenters. The molecular formula is C27H32O. The number of benzene rings is 2. The topological polar surface area (TPSA) is 9.23 Å². The SMILES string of the molecule is CCCCCc1ccc(C=CC#CC=Cc2ccc(OCCCC)cc2)cc1. The number of ether oxygens (including phenoxy) is 1. The van der Waals surface area contributed by atoms with Gasteiger partial charge in [-0.1, -0.05) is 81.3 Å². The van der Waals surface area contributed by atoms with Crippen molar-refractivity contribution < 1.29 is 4.74 Å². The van der Waals surface area contributed by atoms with Gasteiger partial charge in [0.05, 0.1) is 6.61 Å². The Balaban J connectivity index is 1.77. The van der Waals surface area contributed by atoms with Gasteiger partial charge < -0.3 is 4.74 Å². The molecule has 0 radical (unpaired) electrons. The van der Waals surface area contributed by atoms with Crippen LogP contribution in [-0.4, -0.2) is 6.61 Å². The van der Waals surface area contributed by atoms with E-state index in [1.54, 1.807) is 0 Å². The van der Waals surface area contributed by atoms with E-state index >= 15 is 0 Å². The number of hydrogen-bond donors (Lipinski definition) is 0. The molecule has 0 aromatic heterocycles. The number of hydrogen-bond acceptors (Lipinski definition) is 1. The van der Waals surface area contributed by atoms with Gasteiger partial charge in [-0.05, 0) is 72.4 Å². The molecular weight excluding hydrogens is 340 g/mol. The Morgan fingerprint density at radius 2 is 1.29 bits per heavy atom. The minimum atomic E-state index is 0.783. The lowest BCUT2D eigenvalue weighted by Crippen LogP contribution is -1.95. The molecule has 2 aromatic rings. The van der Waals surface area contributed by atoms with Crippen LogP contribution in [0.25, 0.3) is 12.2 Å². The highest BCUT2D eigenvalue weighted by molar-refractivity contribution is 5.56. The lowest BCUT2D eigenvalue weighted by Gasteiger charge is -2.04. The third kappa shape index (κ3) is 8.78. The van der Waals surface area contributed by atoms with Gasteiger partial charge in [0, 0.05) is 0 Å². The Labute approximate surface area is 171 Å². The van der Waals surface area contributed by atoms with Gasteiger partial charge in [0.15, 0.2) is 0 Å². The molecule has 2 aromatic carbocycles. The summed E-state index contributed by atoms with van der Waals surface area (Å²) in [6.45, 7) is 5.19. The van der Waals surface area contributed by atoms with Crippen LogP contribution in [0.1, 0.15) is 62.6 Å². The standard InChI is InChI=1S/C27H32O/c1-3-5-9-12-24-15-17-25(18-16-24)13-10-7-8-11-14-26-19-21-27(22-20-26)28-23-6-4-2/h10-11,13-22H,3-6,9,12,23H2,1-2H3. The van der Waals surface area contributed by atoms with Crippen LogP contribution in [-0.2, 0) is 6.42 Å². The number of unbranched alkanes of at least 4 members (excludes halogenated alkanes) is 3. The molecule has 0 bridgehead atoms. The predicted molar refractivity (Wildman–Crippen MR) is 122 cm³/mol. The maximum atomic E-state index is 5.67. The summed E-state index contributed by atoms with van der Waals surface area (Å²) in [4.78, 5) is 0. The van der Waals surface area contributed by atoms with Crippen molar-refractivity contribution in [3.05, 3.63) is 77.4 Å². The minimum Gasteiger partial charge on any atom is -0.494 e. The van der Waals surface area contributed by atoms with Crippen LogP contribution in [0.4, 0.5) is 0 Å². The Morgan fingerprint density at radius 3 is 1.86 bits per heavy atom. The fraction of sp³-hybridized carbons (Fsp3) is 0.333. The summed E-state index contributed by atoms with van der Waals surface area (Å²) in [5.74, 6) is 7.05. The average molecular weight is 373 g/mol.